The number of aromatic nitrogens is 6. The zero-order valence-corrected chi connectivity index (χ0v) is 16.2. The molecule has 0 spiro atoms. The van der Waals surface area contributed by atoms with E-state index in [4.69, 9.17) is 15.2 Å². The first-order valence-corrected chi connectivity index (χ1v) is 8.83. The summed E-state index contributed by atoms with van der Waals surface area (Å²) < 4.78 is 14.7. The molecule has 3 aromatic rings. The standard InChI is InChI=1S/C15H21N7O2.C2H6/c1-5-23-10(4)21-7-11(6-18-21)12-13(24-9(2)3)14-19-15(16)20-22(14)8-17-12;1-2/h6-10H,5H2,1-4H3,(H2,16,20);1-2H3. The SMILES string of the molecule is CC.CCOC(C)n1cc(-c2ncn3nc(N)nc3c2OC(C)C)cn1. The first-order chi connectivity index (χ1) is 12.5. The normalized spacial score (nSPS) is 12.1. The van der Waals surface area contributed by atoms with Crippen LogP contribution in [0.4, 0.5) is 5.95 Å². The van der Waals surface area contributed by atoms with Gasteiger partial charge in [0, 0.05) is 18.4 Å². The van der Waals surface area contributed by atoms with Gasteiger partial charge in [0.05, 0.1) is 12.3 Å². The lowest BCUT2D eigenvalue weighted by atomic mass is 10.2. The van der Waals surface area contributed by atoms with E-state index < -0.39 is 0 Å². The maximum atomic E-state index is 5.93. The number of hydrogen-bond acceptors (Lipinski definition) is 7. The molecule has 0 aliphatic rings. The zero-order valence-electron chi connectivity index (χ0n) is 16.2. The predicted molar refractivity (Wildman–Crippen MR) is 99.9 cm³/mol. The van der Waals surface area contributed by atoms with Gasteiger partial charge in [0.2, 0.25) is 11.6 Å². The molecular formula is C17H27N7O2. The lowest BCUT2D eigenvalue weighted by Gasteiger charge is -2.13. The zero-order chi connectivity index (χ0) is 19.3. The molecule has 1 atom stereocenters. The van der Waals surface area contributed by atoms with Crippen molar-refractivity contribution in [2.75, 3.05) is 12.3 Å². The van der Waals surface area contributed by atoms with E-state index in [1.807, 2.05) is 47.7 Å². The first kappa shape index (κ1) is 19.6. The summed E-state index contributed by atoms with van der Waals surface area (Å²) in [7, 11) is 0. The molecule has 9 nitrogen and oxygen atoms in total. The van der Waals surface area contributed by atoms with Gasteiger partial charge < -0.3 is 15.2 Å². The Morgan fingerprint density at radius 3 is 2.62 bits per heavy atom. The van der Waals surface area contributed by atoms with E-state index in [1.54, 1.807) is 17.2 Å². The number of fused-ring (bicyclic) bond motifs is 1. The number of hydrogen-bond donors (Lipinski definition) is 1. The summed E-state index contributed by atoms with van der Waals surface area (Å²) in [5.74, 6) is 0.698. The number of ether oxygens (including phenoxy) is 2. The molecule has 0 fully saturated rings. The van der Waals surface area contributed by atoms with Crippen LogP contribution in [0.15, 0.2) is 18.7 Å². The van der Waals surface area contributed by atoms with E-state index in [-0.39, 0.29) is 18.3 Å². The topological polar surface area (TPSA) is 105 Å². The van der Waals surface area contributed by atoms with Crippen LogP contribution in [0.5, 0.6) is 5.75 Å². The van der Waals surface area contributed by atoms with Gasteiger partial charge in [0.1, 0.15) is 18.2 Å². The summed E-state index contributed by atoms with van der Waals surface area (Å²) in [6, 6.07) is 0. The quantitative estimate of drug-likeness (QED) is 0.719. The molecule has 3 aromatic heterocycles. The van der Waals surface area contributed by atoms with Gasteiger partial charge in [-0.2, -0.15) is 14.6 Å². The summed E-state index contributed by atoms with van der Waals surface area (Å²) in [6.45, 7) is 12.4. The van der Waals surface area contributed by atoms with Crippen LogP contribution in [-0.2, 0) is 4.74 Å². The highest BCUT2D eigenvalue weighted by molar-refractivity contribution is 5.73. The van der Waals surface area contributed by atoms with Gasteiger partial charge in [0.25, 0.3) is 0 Å². The Labute approximate surface area is 153 Å². The van der Waals surface area contributed by atoms with Crippen LogP contribution in [0.3, 0.4) is 0 Å². The molecule has 9 heteroatoms. The van der Waals surface area contributed by atoms with Crippen molar-refractivity contribution < 1.29 is 9.47 Å². The van der Waals surface area contributed by atoms with E-state index in [9.17, 15) is 0 Å². The second kappa shape index (κ2) is 8.61. The first-order valence-electron chi connectivity index (χ1n) is 8.83. The van der Waals surface area contributed by atoms with Crippen LogP contribution in [0.2, 0.25) is 0 Å². The van der Waals surface area contributed by atoms with Crippen molar-refractivity contribution in [2.24, 2.45) is 0 Å². The fourth-order valence-corrected chi connectivity index (χ4v) is 2.38. The molecule has 3 heterocycles. The number of nitrogens with zero attached hydrogens (tertiary/aromatic N) is 6. The van der Waals surface area contributed by atoms with E-state index in [0.717, 1.165) is 5.56 Å². The Kier molecular flexibility index (Phi) is 6.51. The summed E-state index contributed by atoms with van der Waals surface area (Å²) in [5, 5.41) is 8.42. The Morgan fingerprint density at radius 2 is 1.96 bits per heavy atom. The predicted octanol–water partition coefficient (Wildman–Crippen LogP) is 2.94. The van der Waals surface area contributed by atoms with E-state index in [1.165, 1.54) is 4.52 Å². The highest BCUT2D eigenvalue weighted by atomic mass is 16.5. The molecule has 0 aliphatic carbocycles. The van der Waals surface area contributed by atoms with Crippen LogP contribution >= 0.6 is 0 Å². The highest BCUT2D eigenvalue weighted by Gasteiger charge is 2.19. The molecule has 0 saturated carbocycles. The Morgan fingerprint density at radius 1 is 1.23 bits per heavy atom. The molecule has 0 aromatic carbocycles. The number of anilines is 1. The third kappa shape index (κ3) is 4.10. The van der Waals surface area contributed by atoms with Crippen LogP contribution in [-0.4, -0.2) is 42.1 Å². The van der Waals surface area contributed by atoms with Crippen molar-refractivity contribution in [3.05, 3.63) is 18.7 Å². The average molecular weight is 361 g/mol. The van der Waals surface area contributed by atoms with E-state index >= 15 is 0 Å². The summed E-state index contributed by atoms with van der Waals surface area (Å²) in [6.07, 6.45) is 4.94. The van der Waals surface area contributed by atoms with Crippen LogP contribution in [0.25, 0.3) is 16.9 Å². The van der Waals surface area contributed by atoms with Gasteiger partial charge in [-0.25, -0.2) is 9.67 Å². The molecule has 0 amide bonds. The Balaban J connectivity index is 0.00000117. The minimum Gasteiger partial charge on any atom is -0.485 e. The molecule has 0 radical (unpaired) electrons. The van der Waals surface area contributed by atoms with Crippen LogP contribution in [0, 0.1) is 0 Å². The minimum atomic E-state index is -0.161. The Bertz CT molecular complexity index is 841. The third-order valence-electron chi connectivity index (χ3n) is 3.37. The van der Waals surface area contributed by atoms with Crippen LogP contribution < -0.4 is 10.5 Å². The van der Waals surface area contributed by atoms with E-state index in [0.29, 0.717) is 23.7 Å². The van der Waals surface area contributed by atoms with E-state index in [2.05, 4.69) is 20.2 Å². The molecule has 142 valence electrons. The van der Waals surface area contributed by atoms with Crippen molar-refractivity contribution >= 4 is 11.6 Å². The largest absolute Gasteiger partial charge is 0.485 e. The molecule has 0 bridgehead atoms. The smallest absolute Gasteiger partial charge is 0.240 e. The number of nitrogen functional groups attached to an aromatic ring is 1. The molecule has 0 saturated heterocycles. The fraction of sp³-hybridized carbons (Fsp3) is 0.529. The van der Waals surface area contributed by atoms with Gasteiger partial charge in [-0.15, -0.1) is 5.10 Å². The molecule has 2 N–H and O–H groups in total. The molecule has 3 rings (SSSR count). The Hall–Kier alpha value is -2.68. The highest BCUT2D eigenvalue weighted by Crippen LogP contribution is 2.32. The maximum Gasteiger partial charge on any atom is 0.240 e. The monoisotopic (exact) mass is 361 g/mol. The van der Waals surface area contributed by atoms with Crippen molar-refractivity contribution in [3.63, 3.8) is 0 Å². The second-order valence-electron chi connectivity index (χ2n) is 5.59. The van der Waals surface area contributed by atoms with Crippen LogP contribution in [0.1, 0.15) is 47.8 Å². The van der Waals surface area contributed by atoms with Gasteiger partial charge >= 0.3 is 0 Å². The molecule has 0 aliphatic heterocycles. The maximum absolute atomic E-state index is 5.93. The van der Waals surface area contributed by atoms with Crippen molar-refractivity contribution in [1.82, 2.24) is 29.4 Å². The summed E-state index contributed by atoms with van der Waals surface area (Å²) >= 11 is 0. The second-order valence-corrected chi connectivity index (χ2v) is 5.59. The van der Waals surface area contributed by atoms with Gasteiger partial charge in [-0.1, -0.05) is 13.8 Å². The van der Waals surface area contributed by atoms with Crippen molar-refractivity contribution in [3.8, 4) is 17.0 Å². The molecular weight excluding hydrogens is 334 g/mol. The third-order valence-corrected chi connectivity index (χ3v) is 3.37. The molecule has 26 heavy (non-hydrogen) atoms. The summed E-state index contributed by atoms with van der Waals surface area (Å²) in [4.78, 5) is 8.68. The molecule has 1 unspecified atom stereocenters. The number of nitrogens with two attached hydrogens (primary N) is 1. The lowest BCUT2D eigenvalue weighted by Crippen LogP contribution is -2.10. The average Bonchev–Trinajstić information content (AvgIpc) is 3.23. The van der Waals surface area contributed by atoms with Gasteiger partial charge in [-0.05, 0) is 27.7 Å². The summed E-state index contributed by atoms with van der Waals surface area (Å²) in [5.41, 5.74) is 7.67. The minimum absolute atomic E-state index is 0.0490. The number of rotatable bonds is 6. The lowest BCUT2D eigenvalue weighted by molar-refractivity contribution is 0.0160. The van der Waals surface area contributed by atoms with Gasteiger partial charge in [0.15, 0.2) is 5.75 Å². The van der Waals surface area contributed by atoms with Crippen molar-refractivity contribution in [2.45, 2.75) is 53.9 Å². The van der Waals surface area contributed by atoms with Gasteiger partial charge in [-0.3, -0.25) is 0 Å². The fourth-order valence-electron chi connectivity index (χ4n) is 2.38. The van der Waals surface area contributed by atoms with Crippen molar-refractivity contribution in [1.29, 1.82) is 0 Å².